The molecule has 0 amide bonds. The molecule has 2 rings (SSSR count). The van der Waals surface area contributed by atoms with Gasteiger partial charge >= 0.3 is 0 Å². The number of nitrogens with zero attached hydrogens (tertiary/aromatic N) is 1. The van der Waals surface area contributed by atoms with Crippen molar-refractivity contribution in [3.8, 4) is 0 Å². The lowest BCUT2D eigenvalue weighted by atomic mass is 9.73. The Morgan fingerprint density at radius 1 is 1.20 bits per heavy atom. The fourth-order valence-electron chi connectivity index (χ4n) is 3.87. The molecule has 0 radical (unpaired) electrons. The minimum Gasteiger partial charge on any atom is -0.316 e. The zero-order valence-electron chi connectivity index (χ0n) is 13.8. The lowest BCUT2D eigenvalue weighted by Crippen LogP contribution is -2.52. The third-order valence-corrected chi connectivity index (χ3v) is 6.73. The molecule has 1 aliphatic heterocycles. The lowest BCUT2D eigenvalue weighted by molar-refractivity contribution is 0.0809. The molecule has 2 fully saturated rings. The Hall–Kier alpha value is 0.270. The molecule has 2 atom stereocenters. The Morgan fingerprint density at radius 3 is 2.65 bits per heavy atom. The minimum atomic E-state index is 0.559. The summed E-state index contributed by atoms with van der Waals surface area (Å²) in [7, 11) is 0. The van der Waals surface area contributed by atoms with Crippen LogP contribution < -0.4 is 5.32 Å². The summed E-state index contributed by atoms with van der Waals surface area (Å²) in [5, 5.41) is 4.53. The van der Waals surface area contributed by atoms with Crippen LogP contribution in [0, 0.1) is 5.41 Å². The maximum Gasteiger partial charge on any atom is 0.0184 e. The zero-order chi connectivity index (χ0) is 14.4. The highest BCUT2D eigenvalue weighted by Crippen LogP contribution is 2.38. The smallest absolute Gasteiger partial charge is 0.0184 e. The Labute approximate surface area is 130 Å². The Bertz CT molecular complexity index is 276. The highest BCUT2D eigenvalue weighted by molar-refractivity contribution is 8.00. The molecule has 2 unspecified atom stereocenters. The van der Waals surface area contributed by atoms with Gasteiger partial charge in [0, 0.05) is 36.7 Å². The van der Waals surface area contributed by atoms with Gasteiger partial charge in [0.25, 0.3) is 0 Å². The third kappa shape index (κ3) is 4.38. The van der Waals surface area contributed by atoms with E-state index in [0.29, 0.717) is 5.41 Å². The van der Waals surface area contributed by atoms with Crippen molar-refractivity contribution in [3.63, 3.8) is 0 Å². The van der Waals surface area contributed by atoms with E-state index in [9.17, 15) is 0 Å². The molecule has 1 saturated heterocycles. The molecular weight excluding hydrogens is 264 g/mol. The number of hydrogen-bond donors (Lipinski definition) is 1. The van der Waals surface area contributed by atoms with Gasteiger partial charge in [-0.3, -0.25) is 4.90 Å². The quantitative estimate of drug-likeness (QED) is 0.752. The first kappa shape index (κ1) is 16.6. The highest BCUT2D eigenvalue weighted by atomic mass is 32.2. The zero-order valence-corrected chi connectivity index (χ0v) is 14.6. The summed E-state index contributed by atoms with van der Waals surface area (Å²) in [6.45, 7) is 12.2. The molecule has 20 heavy (non-hydrogen) atoms. The van der Waals surface area contributed by atoms with Crippen LogP contribution in [0.15, 0.2) is 0 Å². The van der Waals surface area contributed by atoms with E-state index in [1.54, 1.807) is 0 Å². The van der Waals surface area contributed by atoms with Gasteiger partial charge in [-0.1, -0.05) is 33.1 Å². The van der Waals surface area contributed by atoms with Crippen LogP contribution in [0.2, 0.25) is 0 Å². The van der Waals surface area contributed by atoms with Crippen LogP contribution >= 0.6 is 11.8 Å². The van der Waals surface area contributed by atoms with E-state index in [0.717, 1.165) is 11.3 Å². The van der Waals surface area contributed by atoms with Crippen LogP contribution in [0.1, 0.15) is 59.3 Å². The topological polar surface area (TPSA) is 15.3 Å². The van der Waals surface area contributed by atoms with Gasteiger partial charge in [0.15, 0.2) is 0 Å². The number of rotatable bonds is 6. The highest BCUT2D eigenvalue weighted by Gasteiger charge is 2.36. The summed E-state index contributed by atoms with van der Waals surface area (Å²) in [5.74, 6) is 1.32. The monoisotopic (exact) mass is 298 g/mol. The number of nitrogens with one attached hydrogen (secondary N) is 1. The first-order chi connectivity index (χ1) is 9.67. The molecule has 3 heteroatoms. The molecule has 0 aromatic carbocycles. The second kappa shape index (κ2) is 8.05. The average Bonchev–Trinajstić information content (AvgIpc) is 2.45. The van der Waals surface area contributed by atoms with Crippen molar-refractivity contribution in [2.24, 2.45) is 5.41 Å². The fraction of sp³-hybridized carbons (Fsp3) is 1.00. The van der Waals surface area contributed by atoms with Crippen molar-refractivity contribution in [2.45, 2.75) is 70.6 Å². The van der Waals surface area contributed by atoms with E-state index < -0.39 is 0 Å². The lowest BCUT2D eigenvalue weighted by Gasteiger charge is -2.46. The molecule has 0 aromatic rings. The Morgan fingerprint density at radius 2 is 1.95 bits per heavy atom. The molecule has 1 heterocycles. The maximum absolute atomic E-state index is 3.73. The van der Waals surface area contributed by atoms with E-state index in [1.165, 1.54) is 70.5 Å². The van der Waals surface area contributed by atoms with E-state index >= 15 is 0 Å². The van der Waals surface area contributed by atoms with Crippen LogP contribution in [-0.4, -0.2) is 48.1 Å². The first-order valence-corrected chi connectivity index (χ1v) is 9.78. The summed E-state index contributed by atoms with van der Waals surface area (Å²) in [4.78, 5) is 2.79. The molecule has 1 saturated carbocycles. The van der Waals surface area contributed by atoms with Gasteiger partial charge in [-0.05, 0) is 38.1 Å². The van der Waals surface area contributed by atoms with Crippen molar-refractivity contribution in [1.29, 1.82) is 0 Å². The molecule has 0 aromatic heterocycles. The van der Waals surface area contributed by atoms with Gasteiger partial charge in [0.1, 0.15) is 0 Å². The van der Waals surface area contributed by atoms with Crippen LogP contribution in [0.5, 0.6) is 0 Å². The van der Waals surface area contributed by atoms with Crippen molar-refractivity contribution in [2.75, 3.05) is 31.9 Å². The Kier molecular flexibility index (Phi) is 6.70. The number of hydrogen-bond acceptors (Lipinski definition) is 3. The van der Waals surface area contributed by atoms with Gasteiger partial charge in [0.2, 0.25) is 0 Å². The first-order valence-electron chi connectivity index (χ1n) is 8.73. The standard InChI is InChI=1S/C17H34N2S/c1-4-10-18-13-17(8-6-5-7-9-17)14-19-11-12-20-16(3)15(19)2/h15-16,18H,4-14H2,1-3H3. The van der Waals surface area contributed by atoms with Crippen LogP contribution in [0.4, 0.5) is 0 Å². The van der Waals surface area contributed by atoms with Gasteiger partial charge in [-0.2, -0.15) is 11.8 Å². The van der Waals surface area contributed by atoms with Crippen LogP contribution in [0.3, 0.4) is 0 Å². The van der Waals surface area contributed by atoms with Crippen molar-refractivity contribution >= 4 is 11.8 Å². The molecule has 2 aliphatic rings. The Balaban J connectivity index is 1.95. The van der Waals surface area contributed by atoms with Crippen molar-refractivity contribution in [3.05, 3.63) is 0 Å². The van der Waals surface area contributed by atoms with Gasteiger partial charge in [-0.15, -0.1) is 0 Å². The summed E-state index contributed by atoms with van der Waals surface area (Å²) in [5.41, 5.74) is 0.559. The largest absolute Gasteiger partial charge is 0.316 e. The van der Waals surface area contributed by atoms with Crippen LogP contribution in [-0.2, 0) is 0 Å². The molecule has 0 bridgehead atoms. The van der Waals surface area contributed by atoms with E-state index in [-0.39, 0.29) is 0 Å². The summed E-state index contributed by atoms with van der Waals surface area (Å²) < 4.78 is 0. The average molecular weight is 299 g/mol. The van der Waals surface area contributed by atoms with E-state index in [4.69, 9.17) is 0 Å². The maximum atomic E-state index is 3.73. The predicted octanol–water partition coefficient (Wildman–Crippen LogP) is 3.76. The molecule has 1 N–H and O–H groups in total. The minimum absolute atomic E-state index is 0.559. The second-order valence-corrected chi connectivity index (χ2v) is 8.51. The summed E-state index contributed by atoms with van der Waals surface area (Å²) in [6.07, 6.45) is 8.48. The van der Waals surface area contributed by atoms with Gasteiger partial charge in [0.05, 0.1) is 0 Å². The summed E-state index contributed by atoms with van der Waals surface area (Å²) >= 11 is 2.16. The van der Waals surface area contributed by atoms with Crippen molar-refractivity contribution < 1.29 is 0 Å². The van der Waals surface area contributed by atoms with E-state index in [2.05, 4.69) is 42.7 Å². The SMILES string of the molecule is CCCNCC1(CN2CCSC(C)C2C)CCCCC1. The fourth-order valence-corrected chi connectivity index (χ4v) is 5.03. The molecule has 1 aliphatic carbocycles. The summed E-state index contributed by atoms with van der Waals surface area (Å²) in [6, 6.07) is 0.749. The van der Waals surface area contributed by atoms with Gasteiger partial charge < -0.3 is 5.32 Å². The van der Waals surface area contributed by atoms with Crippen LogP contribution in [0.25, 0.3) is 0 Å². The molecule has 0 spiro atoms. The normalized spacial score (nSPS) is 31.4. The van der Waals surface area contributed by atoms with E-state index in [1.807, 2.05) is 0 Å². The number of thioether (sulfide) groups is 1. The molecule has 118 valence electrons. The predicted molar refractivity (Wildman–Crippen MR) is 91.6 cm³/mol. The van der Waals surface area contributed by atoms with Crippen molar-refractivity contribution in [1.82, 2.24) is 10.2 Å². The third-order valence-electron chi connectivity index (χ3n) is 5.39. The molecule has 2 nitrogen and oxygen atoms in total. The van der Waals surface area contributed by atoms with Gasteiger partial charge in [-0.25, -0.2) is 0 Å². The molecular formula is C17H34N2S. The second-order valence-electron chi connectivity index (χ2n) is 7.02.